The van der Waals surface area contributed by atoms with Crippen LogP contribution < -0.4 is 0 Å². The highest BCUT2D eigenvalue weighted by Crippen LogP contribution is 2.63. The lowest BCUT2D eigenvalue weighted by atomic mass is 9.52. The van der Waals surface area contributed by atoms with Gasteiger partial charge in [-0.05, 0) is 33.2 Å². The van der Waals surface area contributed by atoms with E-state index >= 15 is 0 Å². The minimum absolute atomic E-state index is 0.180. The number of aromatic hydroxyl groups is 1. The molecule has 0 aliphatic heterocycles. The van der Waals surface area contributed by atoms with Crippen LogP contribution >= 0.6 is 0 Å². The summed E-state index contributed by atoms with van der Waals surface area (Å²) in [6.07, 6.45) is -10.5. The van der Waals surface area contributed by atoms with Gasteiger partial charge in [-0.3, -0.25) is 9.35 Å². The highest BCUT2D eigenvalue weighted by molar-refractivity contribution is 7.86. The molecule has 6 nitrogen and oxygen atoms in total. The average molecular weight is 605 g/mol. The third kappa shape index (κ3) is 4.15. The van der Waals surface area contributed by atoms with Gasteiger partial charge in [0.25, 0.3) is 6.10 Å². The Balaban J connectivity index is 1.58. The largest absolute Gasteiger partial charge is 0.507 e. The average Bonchev–Trinajstić information content (AvgIpc) is 2.94. The van der Waals surface area contributed by atoms with Crippen LogP contribution in [0.4, 0.5) is 22.0 Å². The monoisotopic (exact) mass is 604 g/mol. The van der Waals surface area contributed by atoms with Gasteiger partial charge in [0.15, 0.2) is 0 Å². The van der Waals surface area contributed by atoms with Crippen molar-refractivity contribution in [2.45, 2.75) is 35.3 Å². The second-order valence-electron chi connectivity index (χ2n) is 10.4. The topological polar surface area (TPSA) is 101 Å². The van der Waals surface area contributed by atoms with Crippen molar-refractivity contribution in [3.05, 3.63) is 113 Å². The number of carbonyl (C=O) groups excluding carboxylic acids is 1. The number of esters is 1. The molecular weight excluding hydrogens is 583 g/mol. The first-order valence-corrected chi connectivity index (χ1v) is 14.2. The highest BCUT2D eigenvalue weighted by Gasteiger charge is 2.67. The van der Waals surface area contributed by atoms with Crippen molar-refractivity contribution in [2.75, 3.05) is 0 Å². The maximum Gasteiger partial charge on any atom is 0.432 e. The number of benzene rings is 4. The van der Waals surface area contributed by atoms with Crippen LogP contribution in [0.2, 0.25) is 0 Å². The van der Waals surface area contributed by atoms with Gasteiger partial charge < -0.3 is 9.84 Å². The van der Waals surface area contributed by atoms with E-state index in [1.807, 2.05) is 0 Å². The lowest BCUT2D eigenvalue weighted by Crippen LogP contribution is -2.54. The fourth-order valence-electron chi connectivity index (χ4n) is 6.53. The van der Waals surface area contributed by atoms with E-state index in [-0.39, 0.29) is 11.3 Å². The standard InChI is InChI=1S/C30H21F5O6S/c31-29(32,33)28(30(34,35)42(38,39)40)41-27(37)25-23-19-11-5-3-9-17(19)22(18-10-4-6-12-20(18)23)24(25)21-14-13-15-7-1-2-8-16(15)26(21)36/h1-14,22-25,28,36H,(H,38,39,40). The van der Waals surface area contributed by atoms with Crippen LogP contribution in [0.25, 0.3) is 10.8 Å². The van der Waals surface area contributed by atoms with Gasteiger partial charge in [-0.2, -0.15) is 30.4 Å². The first-order valence-electron chi connectivity index (χ1n) is 12.7. The molecule has 2 bridgehead atoms. The third-order valence-electron chi connectivity index (χ3n) is 8.18. The molecule has 3 aliphatic rings. The molecule has 42 heavy (non-hydrogen) atoms. The van der Waals surface area contributed by atoms with E-state index in [1.165, 1.54) is 6.07 Å². The molecule has 0 spiro atoms. The van der Waals surface area contributed by atoms with Crippen LogP contribution in [0.3, 0.4) is 0 Å². The van der Waals surface area contributed by atoms with Gasteiger partial charge in [-0.1, -0.05) is 84.9 Å². The molecule has 3 atom stereocenters. The summed E-state index contributed by atoms with van der Waals surface area (Å²) < 4.78 is 106. The zero-order valence-corrected chi connectivity index (χ0v) is 22.1. The van der Waals surface area contributed by atoms with Crippen LogP contribution in [0, 0.1) is 5.92 Å². The molecule has 7 rings (SSSR count). The molecule has 0 aromatic heterocycles. The van der Waals surface area contributed by atoms with Gasteiger partial charge >= 0.3 is 27.5 Å². The second-order valence-corrected chi connectivity index (χ2v) is 11.9. The van der Waals surface area contributed by atoms with E-state index in [9.17, 15) is 40.3 Å². The maximum absolute atomic E-state index is 14.5. The van der Waals surface area contributed by atoms with E-state index in [2.05, 4.69) is 4.74 Å². The van der Waals surface area contributed by atoms with E-state index < -0.39 is 57.3 Å². The van der Waals surface area contributed by atoms with Crippen molar-refractivity contribution in [3.63, 3.8) is 0 Å². The van der Waals surface area contributed by atoms with Crippen molar-refractivity contribution >= 4 is 26.9 Å². The molecule has 0 fully saturated rings. The summed E-state index contributed by atoms with van der Waals surface area (Å²) in [5.74, 6) is -6.37. The highest BCUT2D eigenvalue weighted by atomic mass is 32.2. The maximum atomic E-state index is 14.5. The van der Waals surface area contributed by atoms with E-state index in [0.29, 0.717) is 21.9 Å². The number of rotatable bonds is 5. The third-order valence-corrected chi connectivity index (χ3v) is 9.08. The zero-order valence-electron chi connectivity index (χ0n) is 21.3. The molecule has 0 radical (unpaired) electrons. The van der Waals surface area contributed by atoms with Gasteiger partial charge in [0.05, 0.1) is 5.92 Å². The van der Waals surface area contributed by atoms with Crippen LogP contribution in [-0.2, 0) is 19.6 Å². The molecule has 0 saturated heterocycles. The molecule has 12 heteroatoms. The van der Waals surface area contributed by atoms with Crippen LogP contribution in [0.5, 0.6) is 5.75 Å². The molecule has 0 amide bonds. The fourth-order valence-corrected chi connectivity index (χ4v) is 6.98. The van der Waals surface area contributed by atoms with Gasteiger partial charge in [-0.25, -0.2) is 0 Å². The van der Waals surface area contributed by atoms with Crippen molar-refractivity contribution < 1.29 is 49.6 Å². The quantitative estimate of drug-likeness (QED) is 0.154. The molecule has 2 N–H and O–H groups in total. The summed E-state index contributed by atoms with van der Waals surface area (Å²) in [5.41, 5.74) is 2.77. The Hall–Kier alpha value is -4.03. The van der Waals surface area contributed by atoms with Crippen LogP contribution in [0.15, 0.2) is 84.9 Å². The number of ether oxygens (including phenoxy) is 1. The van der Waals surface area contributed by atoms with Crippen molar-refractivity contribution in [1.82, 2.24) is 0 Å². The summed E-state index contributed by atoms with van der Waals surface area (Å²) in [6, 6.07) is 23.7. The molecule has 3 unspecified atom stereocenters. The Kier molecular flexibility index (Phi) is 6.36. The predicted octanol–water partition coefficient (Wildman–Crippen LogP) is 6.49. The van der Waals surface area contributed by atoms with Crippen molar-refractivity contribution in [3.8, 4) is 5.75 Å². The van der Waals surface area contributed by atoms with Gasteiger partial charge in [0, 0.05) is 23.1 Å². The minimum Gasteiger partial charge on any atom is -0.507 e. The van der Waals surface area contributed by atoms with Crippen molar-refractivity contribution in [1.29, 1.82) is 0 Å². The fraction of sp³-hybridized carbons (Fsp3) is 0.233. The Morgan fingerprint density at radius 3 is 1.76 bits per heavy atom. The number of halogens is 5. The summed E-state index contributed by atoms with van der Waals surface area (Å²) >= 11 is 0. The molecule has 0 saturated carbocycles. The number of hydrogen-bond donors (Lipinski definition) is 2. The number of fused-ring (bicyclic) bond motifs is 2. The van der Waals surface area contributed by atoms with Crippen molar-refractivity contribution in [2.24, 2.45) is 5.92 Å². The lowest BCUT2D eigenvalue weighted by Gasteiger charge is -2.50. The minimum atomic E-state index is -6.64. The van der Waals surface area contributed by atoms with E-state index in [4.69, 9.17) is 4.55 Å². The lowest BCUT2D eigenvalue weighted by molar-refractivity contribution is -0.261. The van der Waals surface area contributed by atoms with Gasteiger partial charge in [0.2, 0.25) is 0 Å². The number of phenols is 1. The zero-order chi connectivity index (χ0) is 30.2. The van der Waals surface area contributed by atoms with E-state index in [0.717, 1.165) is 11.1 Å². The Bertz CT molecular complexity index is 1790. The van der Waals surface area contributed by atoms with Gasteiger partial charge in [0.1, 0.15) is 5.75 Å². The summed E-state index contributed by atoms with van der Waals surface area (Å²) in [4.78, 5) is 13.8. The first-order chi connectivity index (χ1) is 19.7. The smallest absolute Gasteiger partial charge is 0.432 e. The SMILES string of the molecule is O=C(OC(C(F)(F)F)C(F)(F)S(=O)(=O)O)C1C2c3ccccc3C(c3ccccc32)C1c1ccc2ccccc2c1O. The molecule has 4 aromatic carbocycles. The van der Waals surface area contributed by atoms with Crippen LogP contribution in [-0.4, -0.2) is 41.6 Å². The number of hydrogen-bond acceptors (Lipinski definition) is 5. The second kappa shape index (κ2) is 9.50. The molecule has 4 aromatic rings. The summed E-state index contributed by atoms with van der Waals surface area (Å²) in [7, 11) is -6.64. The normalized spacial score (nSPS) is 22.3. The number of phenolic OH excluding ortho intramolecular Hbond substituents is 1. The number of alkyl halides is 5. The molecule has 0 heterocycles. The molecule has 3 aliphatic carbocycles. The molecule has 218 valence electrons. The Morgan fingerprint density at radius 2 is 1.24 bits per heavy atom. The summed E-state index contributed by atoms with van der Waals surface area (Å²) in [5, 5.41) is 6.57. The Morgan fingerprint density at radius 1 is 0.738 bits per heavy atom. The molecular formula is C30H21F5O6S. The Labute approximate surface area is 236 Å². The van der Waals surface area contributed by atoms with Gasteiger partial charge in [-0.15, -0.1) is 0 Å². The van der Waals surface area contributed by atoms with Crippen LogP contribution in [0.1, 0.15) is 45.6 Å². The number of carbonyl (C=O) groups is 1. The summed E-state index contributed by atoms with van der Waals surface area (Å²) in [6.45, 7) is 0. The first kappa shape index (κ1) is 28.1. The van der Waals surface area contributed by atoms with E-state index in [1.54, 1.807) is 78.9 Å². The predicted molar refractivity (Wildman–Crippen MR) is 141 cm³/mol.